The third kappa shape index (κ3) is 3.78. The number of methoxy groups -OCH3 is 2. The molecule has 148 valence electrons. The summed E-state index contributed by atoms with van der Waals surface area (Å²) in [6.07, 6.45) is 0. The molecule has 3 aromatic rings. The summed E-state index contributed by atoms with van der Waals surface area (Å²) in [5.74, 6) is -0.605. The molecule has 0 radical (unpaired) electrons. The molecule has 0 saturated carbocycles. The number of hydrogen-bond donors (Lipinski definition) is 2. The summed E-state index contributed by atoms with van der Waals surface area (Å²) in [6, 6.07) is 13.8. The monoisotopic (exact) mass is 392 g/mol. The second-order valence-corrected chi connectivity index (χ2v) is 6.41. The molecule has 0 saturated heterocycles. The molecule has 0 aliphatic carbocycles. The molecule has 0 aromatic heterocycles. The Kier molecular flexibility index (Phi) is 5.54. The standard InChI is InChI=1S/C23H20O6/c1-13-19(24)12-18(21(25)14-4-8-16(28-2)9-5-14)23(27)20(13)22(26)15-6-10-17(29-3)11-7-15/h4-12,24,27H,1-3H3. The van der Waals surface area contributed by atoms with Crippen molar-refractivity contribution in [2.45, 2.75) is 6.92 Å². The van der Waals surface area contributed by atoms with E-state index >= 15 is 0 Å². The van der Waals surface area contributed by atoms with E-state index in [4.69, 9.17) is 9.47 Å². The molecule has 2 N–H and O–H groups in total. The zero-order valence-corrected chi connectivity index (χ0v) is 16.2. The van der Waals surface area contributed by atoms with Crippen molar-refractivity contribution in [3.05, 3.63) is 82.4 Å². The quantitative estimate of drug-likeness (QED) is 0.488. The Morgan fingerprint density at radius 2 is 1.21 bits per heavy atom. The molecular formula is C23H20O6. The number of carbonyl (C=O) groups is 2. The normalized spacial score (nSPS) is 10.4. The highest BCUT2D eigenvalue weighted by atomic mass is 16.5. The van der Waals surface area contributed by atoms with Gasteiger partial charge in [0.15, 0.2) is 11.6 Å². The molecule has 6 nitrogen and oxygen atoms in total. The smallest absolute Gasteiger partial charge is 0.197 e. The maximum absolute atomic E-state index is 13.0. The van der Waals surface area contributed by atoms with Crippen LogP contribution in [0.15, 0.2) is 54.6 Å². The molecule has 0 aliphatic heterocycles. The topological polar surface area (TPSA) is 93.1 Å². The Bertz CT molecular complexity index is 1070. The van der Waals surface area contributed by atoms with E-state index in [2.05, 4.69) is 0 Å². The number of ether oxygens (including phenoxy) is 2. The Morgan fingerprint density at radius 3 is 1.66 bits per heavy atom. The van der Waals surface area contributed by atoms with E-state index in [1.54, 1.807) is 48.5 Å². The van der Waals surface area contributed by atoms with E-state index in [0.29, 0.717) is 11.5 Å². The van der Waals surface area contributed by atoms with Crippen molar-refractivity contribution in [1.29, 1.82) is 0 Å². The van der Waals surface area contributed by atoms with Gasteiger partial charge in [-0.25, -0.2) is 0 Å². The van der Waals surface area contributed by atoms with Crippen molar-refractivity contribution in [2.24, 2.45) is 0 Å². The summed E-state index contributed by atoms with van der Waals surface area (Å²) in [4.78, 5) is 25.9. The summed E-state index contributed by atoms with van der Waals surface area (Å²) >= 11 is 0. The predicted octanol–water partition coefficient (Wildman–Crippen LogP) is 3.89. The average Bonchev–Trinajstić information content (AvgIpc) is 2.76. The van der Waals surface area contributed by atoms with Gasteiger partial charge in [0.2, 0.25) is 0 Å². The molecule has 0 spiro atoms. The zero-order valence-electron chi connectivity index (χ0n) is 16.2. The lowest BCUT2D eigenvalue weighted by Crippen LogP contribution is -2.09. The fourth-order valence-corrected chi connectivity index (χ4v) is 2.99. The van der Waals surface area contributed by atoms with Crippen LogP contribution < -0.4 is 9.47 Å². The first-order chi connectivity index (χ1) is 13.9. The summed E-state index contributed by atoms with van der Waals surface area (Å²) in [5.41, 5.74) is 0.488. The van der Waals surface area contributed by atoms with Crippen LogP contribution in [0, 0.1) is 6.92 Å². The van der Waals surface area contributed by atoms with E-state index < -0.39 is 17.3 Å². The van der Waals surface area contributed by atoms with E-state index in [9.17, 15) is 19.8 Å². The largest absolute Gasteiger partial charge is 0.508 e. The molecule has 0 atom stereocenters. The van der Waals surface area contributed by atoms with Gasteiger partial charge in [-0.05, 0) is 61.5 Å². The Balaban J connectivity index is 2.07. The minimum atomic E-state index is -0.524. The third-order valence-electron chi connectivity index (χ3n) is 4.71. The van der Waals surface area contributed by atoms with Crippen LogP contribution in [0.2, 0.25) is 0 Å². The van der Waals surface area contributed by atoms with Gasteiger partial charge < -0.3 is 19.7 Å². The highest BCUT2D eigenvalue weighted by molar-refractivity contribution is 6.17. The van der Waals surface area contributed by atoms with Gasteiger partial charge >= 0.3 is 0 Å². The molecule has 0 fully saturated rings. The van der Waals surface area contributed by atoms with Crippen molar-refractivity contribution in [3.63, 3.8) is 0 Å². The molecule has 3 aromatic carbocycles. The van der Waals surface area contributed by atoms with Gasteiger partial charge in [-0.15, -0.1) is 0 Å². The first-order valence-corrected chi connectivity index (χ1v) is 8.80. The molecule has 6 heteroatoms. The SMILES string of the molecule is COc1ccc(C(=O)c2cc(O)c(C)c(C(=O)c3ccc(OC)cc3)c2O)cc1. The highest BCUT2D eigenvalue weighted by Crippen LogP contribution is 2.35. The van der Waals surface area contributed by atoms with Gasteiger partial charge in [0.25, 0.3) is 0 Å². The van der Waals surface area contributed by atoms with E-state index in [0.717, 1.165) is 0 Å². The lowest BCUT2D eigenvalue weighted by molar-refractivity contribution is 0.103. The minimum Gasteiger partial charge on any atom is -0.508 e. The minimum absolute atomic E-state index is 0.118. The van der Waals surface area contributed by atoms with Crippen molar-refractivity contribution < 1.29 is 29.3 Å². The Hall–Kier alpha value is -3.80. The Morgan fingerprint density at radius 1 is 0.759 bits per heavy atom. The second kappa shape index (κ2) is 8.06. The lowest BCUT2D eigenvalue weighted by atomic mass is 9.92. The van der Waals surface area contributed by atoms with Crippen LogP contribution in [0.5, 0.6) is 23.0 Å². The predicted molar refractivity (Wildman–Crippen MR) is 107 cm³/mol. The second-order valence-electron chi connectivity index (χ2n) is 6.41. The maximum Gasteiger partial charge on any atom is 0.197 e. The number of phenols is 2. The number of rotatable bonds is 6. The first kappa shape index (κ1) is 19.9. The molecule has 0 heterocycles. The number of benzene rings is 3. The number of carbonyl (C=O) groups excluding carboxylic acids is 2. The first-order valence-electron chi connectivity index (χ1n) is 8.80. The van der Waals surface area contributed by atoms with Crippen LogP contribution in [-0.2, 0) is 0 Å². The zero-order chi connectivity index (χ0) is 21.1. The van der Waals surface area contributed by atoms with E-state index in [1.165, 1.54) is 27.2 Å². The number of phenolic OH excluding ortho intramolecular Hbond substituents is 2. The molecule has 29 heavy (non-hydrogen) atoms. The lowest BCUT2D eigenvalue weighted by Gasteiger charge is -2.14. The Labute approximate surface area is 168 Å². The van der Waals surface area contributed by atoms with Crippen LogP contribution in [-0.4, -0.2) is 36.0 Å². The molecule has 0 bridgehead atoms. The van der Waals surface area contributed by atoms with Crippen LogP contribution in [0.3, 0.4) is 0 Å². The van der Waals surface area contributed by atoms with E-state index in [-0.39, 0.29) is 33.6 Å². The maximum atomic E-state index is 13.0. The van der Waals surface area contributed by atoms with Crippen LogP contribution in [0.4, 0.5) is 0 Å². The summed E-state index contributed by atoms with van der Waals surface area (Å²) in [5, 5.41) is 21.1. The van der Waals surface area contributed by atoms with Crippen LogP contribution in [0.1, 0.15) is 37.4 Å². The van der Waals surface area contributed by atoms with Gasteiger partial charge in [-0.1, -0.05) is 0 Å². The van der Waals surface area contributed by atoms with Crippen molar-refractivity contribution in [2.75, 3.05) is 14.2 Å². The third-order valence-corrected chi connectivity index (χ3v) is 4.71. The molecule has 0 amide bonds. The van der Waals surface area contributed by atoms with Gasteiger partial charge in [-0.2, -0.15) is 0 Å². The molecular weight excluding hydrogens is 372 g/mol. The fraction of sp³-hybridized carbons (Fsp3) is 0.130. The summed E-state index contributed by atoms with van der Waals surface area (Å²) < 4.78 is 10.2. The summed E-state index contributed by atoms with van der Waals surface area (Å²) in [6.45, 7) is 1.51. The van der Waals surface area contributed by atoms with Crippen LogP contribution in [0.25, 0.3) is 0 Å². The summed E-state index contributed by atoms with van der Waals surface area (Å²) in [7, 11) is 3.02. The molecule has 0 aliphatic rings. The van der Waals surface area contributed by atoms with Gasteiger partial charge in [0.1, 0.15) is 23.0 Å². The van der Waals surface area contributed by atoms with Crippen molar-refractivity contribution in [3.8, 4) is 23.0 Å². The van der Waals surface area contributed by atoms with Crippen LogP contribution >= 0.6 is 0 Å². The van der Waals surface area contributed by atoms with Crippen molar-refractivity contribution in [1.82, 2.24) is 0 Å². The number of aromatic hydroxyl groups is 2. The van der Waals surface area contributed by atoms with Gasteiger partial charge in [0.05, 0.1) is 25.3 Å². The van der Waals surface area contributed by atoms with Gasteiger partial charge in [0, 0.05) is 16.7 Å². The van der Waals surface area contributed by atoms with E-state index in [1.807, 2.05) is 0 Å². The number of hydrogen-bond acceptors (Lipinski definition) is 6. The highest BCUT2D eigenvalue weighted by Gasteiger charge is 2.25. The average molecular weight is 392 g/mol. The van der Waals surface area contributed by atoms with Gasteiger partial charge in [-0.3, -0.25) is 9.59 Å². The molecule has 3 rings (SSSR count). The molecule has 0 unspecified atom stereocenters. The number of ketones is 2. The van der Waals surface area contributed by atoms with Crippen molar-refractivity contribution >= 4 is 11.6 Å². The fourth-order valence-electron chi connectivity index (χ4n) is 2.99.